The first-order valence-corrected chi connectivity index (χ1v) is 8.57. The molecule has 118 valence electrons. The van der Waals surface area contributed by atoms with Gasteiger partial charge in [0.1, 0.15) is 0 Å². The first-order valence-electron chi connectivity index (χ1n) is 8.57. The third kappa shape index (κ3) is 3.06. The second-order valence-corrected chi connectivity index (χ2v) is 6.83. The van der Waals surface area contributed by atoms with Crippen LogP contribution < -0.4 is 0 Å². The zero-order chi connectivity index (χ0) is 14.8. The molecule has 2 bridgehead atoms. The number of hydrogen-bond acceptors (Lipinski definition) is 3. The quantitative estimate of drug-likeness (QED) is 0.852. The van der Waals surface area contributed by atoms with Crippen LogP contribution in [0.15, 0.2) is 42.1 Å². The molecule has 4 aliphatic heterocycles. The second kappa shape index (κ2) is 6.43. The molecule has 2 atom stereocenters. The predicted octanol–water partition coefficient (Wildman–Crippen LogP) is 3.22. The minimum atomic E-state index is 0.203. The van der Waals surface area contributed by atoms with Gasteiger partial charge in [0.2, 0.25) is 0 Å². The summed E-state index contributed by atoms with van der Waals surface area (Å²) in [5, 5.41) is 0. The summed E-state index contributed by atoms with van der Waals surface area (Å²) in [5.74, 6) is 1.33. The minimum Gasteiger partial charge on any atom is -0.378 e. The number of piperidine rings is 3. The Morgan fingerprint density at radius 2 is 1.95 bits per heavy atom. The predicted molar refractivity (Wildman–Crippen MR) is 86.3 cm³/mol. The molecule has 0 radical (unpaired) electrons. The molecule has 0 spiro atoms. The van der Waals surface area contributed by atoms with Gasteiger partial charge < -0.3 is 14.4 Å². The van der Waals surface area contributed by atoms with Crippen molar-refractivity contribution in [2.45, 2.75) is 32.0 Å². The van der Waals surface area contributed by atoms with Crippen LogP contribution in [0.3, 0.4) is 0 Å². The number of ether oxygens (including phenoxy) is 2. The van der Waals surface area contributed by atoms with E-state index in [4.69, 9.17) is 9.47 Å². The van der Waals surface area contributed by atoms with Crippen LogP contribution in [0.4, 0.5) is 0 Å². The average molecular weight is 299 g/mol. The van der Waals surface area contributed by atoms with E-state index < -0.39 is 0 Å². The molecule has 5 rings (SSSR count). The normalized spacial score (nSPS) is 30.4. The molecule has 3 heteroatoms. The highest BCUT2D eigenvalue weighted by Crippen LogP contribution is 2.35. The lowest BCUT2D eigenvalue weighted by Gasteiger charge is -2.43. The number of benzene rings is 1. The largest absolute Gasteiger partial charge is 0.378 e. The van der Waals surface area contributed by atoms with E-state index >= 15 is 0 Å². The fourth-order valence-electron chi connectivity index (χ4n) is 3.93. The van der Waals surface area contributed by atoms with Crippen molar-refractivity contribution in [1.29, 1.82) is 0 Å². The van der Waals surface area contributed by atoms with Crippen LogP contribution in [0, 0.1) is 11.8 Å². The van der Waals surface area contributed by atoms with E-state index in [0.717, 1.165) is 19.1 Å². The number of rotatable bonds is 4. The van der Waals surface area contributed by atoms with Gasteiger partial charge in [-0.3, -0.25) is 0 Å². The highest BCUT2D eigenvalue weighted by atomic mass is 16.5. The molecule has 0 aromatic heterocycles. The third-order valence-electron chi connectivity index (χ3n) is 5.30. The molecule has 1 aromatic rings. The van der Waals surface area contributed by atoms with Crippen molar-refractivity contribution in [3.63, 3.8) is 0 Å². The van der Waals surface area contributed by atoms with Gasteiger partial charge in [-0.2, -0.15) is 0 Å². The van der Waals surface area contributed by atoms with Crippen molar-refractivity contribution in [2.24, 2.45) is 11.8 Å². The summed E-state index contributed by atoms with van der Waals surface area (Å²) in [6.07, 6.45) is 6.68. The van der Waals surface area contributed by atoms with Gasteiger partial charge in [0.15, 0.2) is 0 Å². The smallest absolute Gasteiger partial charge is 0.0898 e. The first kappa shape index (κ1) is 14.3. The molecule has 4 aliphatic rings. The molecule has 0 aliphatic carbocycles. The number of allylic oxidation sites excluding steroid dienone is 1. The highest BCUT2D eigenvalue weighted by Gasteiger charge is 2.32. The average Bonchev–Trinajstić information content (AvgIpc) is 3.02. The number of fused-ring (bicyclic) bond motifs is 3. The molecular formula is C19H25NO2. The maximum atomic E-state index is 6.14. The van der Waals surface area contributed by atoms with Crippen LogP contribution in [-0.2, 0) is 16.1 Å². The Kier molecular flexibility index (Phi) is 4.17. The summed E-state index contributed by atoms with van der Waals surface area (Å²) < 4.78 is 11.8. The maximum Gasteiger partial charge on any atom is 0.0898 e. The van der Waals surface area contributed by atoms with Crippen molar-refractivity contribution >= 4 is 0 Å². The van der Waals surface area contributed by atoms with Gasteiger partial charge >= 0.3 is 0 Å². The van der Waals surface area contributed by atoms with E-state index in [0.29, 0.717) is 12.5 Å². The van der Waals surface area contributed by atoms with Gasteiger partial charge in [-0.25, -0.2) is 0 Å². The Morgan fingerprint density at radius 3 is 2.68 bits per heavy atom. The Hall–Kier alpha value is -1.32. The van der Waals surface area contributed by atoms with Gasteiger partial charge in [-0.1, -0.05) is 36.4 Å². The Balaban J connectivity index is 1.39. The van der Waals surface area contributed by atoms with Gasteiger partial charge in [0.05, 0.1) is 25.9 Å². The van der Waals surface area contributed by atoms with Crippen LogP contribution in [0.1, 0.15) is 24.8 Å². The highest BCUT2D eigenvalue weighted by molar-refractivity contribution is 5.14. The lowest BCUT2D eigenvalue weighted by molar-refractivity contribution is 0.0210. The topological polar surface area (TPSA) is 21.7 Å². The van der Waals surface area contributed by atoms with Crippen molar-refractivity contribution in [3.05, 3.63) is 47.7 Å². The SMILES string of the molecule is C(=C1CC2CCN1CC2)C1COCC1OCc1ccccc1. The summed E-state index contributed by atoms with van der Waals surface area (Å²) in [6, 6.07) is 10.4. The Bertz CT molecular complexity index is 519. The summed E-state index contributed by atoms with van der Waals surface area (Å²) in [6.45, 7) is 4.71. The lowest BCUT2D eigenvalue weighted by Crippen LogP contribution is -2.40. The van der Waals surface area contributed by atoms with Crippen molar-refractivity contribution in [1.82, 2.24) is 4.90 Å². The van der Waals surface area contributed by atoms with Crippen LogP contribution in [0.25, 0.3) is 0 Å². The van der Waals surface area contributed by atoms with E-state index in [1.54, 1.807) is 5.70 Å². The van der Waals surface area contributed by atoms with E-state index in [-0.39, 0.29) is 6.10 Å². The zero-order valence-corrected chi connectivity index (χ0v) is 13.1. The standard InChI is InChI=1S/C19H25NO2/c1-2-4-16(5-3-1)12-22-19-14-21-13-17(19)11-18-10-15-6-8-20(18)9-7-15/h1-5,11,15,17,19H,6-10,12-14H2. The summed E-state index contributed by atoms with van der Waals surface area (Å²) in [7, 11) is 0. The van der Waals surface area contributed by atoms with Gasteiger partial charge in [0.25, 0.3) is 0 Å². The van der Waals surface area contributed by atoms with Crippen LogP contribution in [0.5, 0.6) is 0 Å². The molecular weight excluding hydrogens is 274 g/mol. The van der Waals surface area contributed by atoms with Crippen LogP contribution in [-0.4, -0.2) is 37.3 Å². The first-order chi connectivity index (χ1) is 10.9. The van der Waals surface area contributed by atoms with Crippen molar-refractivity contribution in [2.75, 3.05) is 26.3 Å². The lowest BCUT2D eigenvalue weighted by atomic mass is 9.85. The zero-order valence-electron chi connectivity index (χ0n) is 13.1. The monoisotopic (exact) mass is 299 g/mol. The molecule has 4 fully saturated rings. The molecule has 0 amide bonds. The molecule has 1 aromatic carbocycles. The van der Waals surface area contributed by atoms with Crippen molar-refractivity contribution in [3.8, 4) is 0 Å². The van der Waals surface area contributed by atoms with Crippen LogP contribution in [0.2, 0.25) is 0 Å². The van der Waals surface area contributed by atoms with Gasteiger partial charge in [-0.05, 0) is 30.7 Å². The number of hydrogen-bond donors (Lipinski definition) is 0. The molecule has 22 heavy (non-hydrogen) atoms. The fraction of sp³-hybridized carbons (Fsp3) is 0.579. The van der Waals surface area contributed by atoms with Crippen molar-refractivity contribution < 1.29 is 9.47 Å². The molecule has 2 unspecified atom stereocenters. The minimum absolute atomic E-state index is 0.203. The van der Waals surface area contributed by atoms with Gasteiger partial charge in [0, 0.05) is 24.7 Å². The summed E-state index contributed by atoms with van der Waals surface area (Å²) >= 11 is 0. The second-order valence-electron chi connectivity index (χ2n) is 6.83. The fourth-order valence-corrected chi connectivity index (χ4v) is 3.93. The summed E-state index contributed by atoms with van der Waals surface area (Å²) in [4.78, 5) is 2.58. The summed E-state index contributed by atoms with van der Waals surface area (Å²) in [5.41, 5.74) is 2.78. The molecule has 4 heterocycles. The van der Waals surface area contributed by atoms with E-state index in [9.17, 15) is 0 Å². The Morgan fingerprint density at radius 1 is 1.14 bits per heavy atom. The number of nitrogens with zero attached hydrogens (tertiary/aromatic N) is 1. The molecule has 0 saturated carbocycles. The molecule has 3 nitrogen and oxygen atoms in total. The van der Waals surface area contributed by atoms with E-state index in [1.807, 2.05) is 6.07 Å². The van der Waals surface area contributed by atoms with Gasteiger partial charge in [-0.15, -0.1) is 0 Å². The molecule has 4 saturated heterocycles. The molecule has 0 N–H and O–H groups in total. The maximum absolute atomic E-state index is 6.14. The Labute approximate surface area is 132 Å². The van der Waals surface area contributed by atoms with E-state index in [2.05, 4.69) is 35.2 Å². The third-order valence-corrected chi connectivity index (χ3v) is 5.30. The van der Waals surface area contributed by atoms with Crippen LogP contribution >= 0.6 is 0 Å². The van der Waals surface area contributed by atoms with E-state index in [1.165, 1.54) is 37.9 Å².